The van der Waals surface area contributed by atoms with Gasteiger partial charge in [0, 0.05) is 12.8 Å². The van der Waals surface area contributed by atoms with E-state index in [1.54, 1.807) is 0 Å². The quantitative estimate of drug-likeness (QED) is 0.0279. The van der Waals surface area contributed by atoms with Crippen molar-refractivity contribution >= 4 is 19.8 Å². The maximum atomic E-state index is 12.4. The number of carbonyl (C=O) groups excluding carboxylic acids is 2. The number of phosphoric acid groups is 1. The van der Waals surface area contributed by atoms with E-state index in [1.807, 2.05) is 6.08 Å². The number of phosphoric ester groups is 1. The molecule has 0 aliphatic heterocycles. The average molecular weight is 729 g/mol. The van der Waals surface area contributed by atoms with Crippen molar-refractivity contribution in [2.24, 2.45) is 0 Å². The molecular weight excluding hydrogens is 651 g/mol. The van der Waals surface area contributed by atoms with Crippen molar-refractivity contribution in [2.75, 3.05) is 13.2 Å². The summed E-state index contributed by atoms with van der Waals surface area (Å²) in [6, 6.07) is 0. The zero-order valence-electron chi connectivity index (χ0n) is 32.3. The number of ether oxygens (including phenoxy) is 2. The zero-order valence-corrected chi connectivity index (χ0v) is 33.2. The standard InChI is InChI=1S/C41H77O8P/c1-3-5-7-9-11-13-15-17-19-20-22-23-25-27-29-31-33-35-40(42)47-37-39(38-48-50(44,45)46)49-41(43)36-34-32-30-28-26-24-21-18-16-14-12-10-8-6-4-2/h13,15,30,32,39H,3-12,14,16-29,31,33-38H2,1-2H3,(H2,44,45,46)/b15-13+,32-30+/t39-/m1/s1. The fourth-order valence-corrected chi connectivity index (χ4v) is 6.22. The first kappa shape index (κ1) is 48.5. The molecule has 0 aromatic heterocycles. The monoisotopic (exact) mass is 729 g/mol. The van der Waals surface area contributed by atoms with Crippen molar-refractivity contribution in [3.8, 4) is 0 Å². The molecule has 0 spiro atoms. The van der Waals surface area contributed by atoms with Crippen molar-refractivity contribution in [1.29, 1.82) is 0 Å². The predicted octanol–water partition coefficient (Wildman–Crippen LogP) is 12.4. The van der Waals surface area contributed by atoms with E-state index in [0.717, 1.165) is 32.1 Å². The van der Waals surface area contributed by atoms with Gasteiger partial charge in [-0.15, -0.1) is 0 Å². The Bertz CT molecular complexity index is 869. The third-order valence-corrected chi connectivity index (χ3v) is 9.44. The second-order valence-corrected chi connectivity index (χ2v) is 15.2. The van der Waals surface area contributed by atoms with Gasteiger partial charge in [0.05, 0.1) is 6.61 Å². The maximum absolute atomic E-state index is 12.4. The van der Waals surface area contributed by atoms with Gasteiger partial charge in [0.1, 0.15) is 6.61 Å². The highest BCUT2D eigenvalue weighted by Gasteiger charge is 2.22. The normalized spacial score (nSPS) is 12.6. The number of unbranched alkanes of at least 4 members (excludes halogenated alkanes) is 24. The molecule has 50 heavy (non-hydrogen) atoms. The summed E-state index contributed by atoms with van der Waals surface area (Å²) in [6.45, 7) is 3.65. The first-order chi connectivity index (χ1) is 24.3. The Kier molecular flexibility index (Phi) is 36.2. The molecule has 0 unspecified atom stereocenters. The van der Waals surface area contributed by atoms with Gasteiger partial charge >= 0.3 is 19.8 Å². The van der Waals surface area contributed by atoms with Crippen LogP contribution in [0.2, 0.25) is 0 Å². The van der Waals surface area contributed by atoms with Crippen LogP contribution in [0.1, 0.15) is 206 Å². The van der Waals surface area contributed by atoms with E-state index in [2.05, 4.69) is 36.6 Å². The lowest BCUT2D eigenvalue weighted by molar-refractivity contribution is -0.161. The molecule has 0 fully saturated rings. The predicted molar refractivity (Wildman–Crippen MR) is 207 cm³/mol. The molecule has 8 nitrogen and oxygen atoms in total. The molecule has 0 radical (unpaired) electrons. The van der Waals surface area contributed by atoms with Crippen LogP contribution in [0, 0.1) is 0 Å². The first-order valence-electron chi connectivity index (χ1n) is 20.6. The molecule has 0 bridgehead atoms. The van der Waals surface area contributed by atoms with Crippen molar-refractivity contribution in [3.63, 3.8) is 0 Å². The molecule has 0 aromatic rings. The Morgan fingerprint density at radius 3 is 1.32 bits per heavy atom. The highest BCUT2D eigenvalue weighted by Crippen LogP contribution is 2.36. The lowest BCUT2D eigenvalue weighted by atomic mass is 10.1. The molecule has 0 rings (SSSR count). The van der Waals surface area contributed by atoms with Gasteiger partial charge in [0.2, 0.25) is 0 Å². The molecule has 1 atom stereocenters. The van der Waals surface area contributed by atoms with E-state index in [9.17, 15) is 14.2 Å². The molecule has 294 valence electrons. The summed E-state index contributed by atoms with van der Waals surface area (Å²) in [4.78, 5) is 42.8. The highest BCUT2D eigenvalue weighted by molar-refractivity contribution is 7.46. The summed E-state index contributed by atoms with van der Waals surface area (Å²) in [6.07, 6.45) is 41.9. The van der Waals surface area contributed by atoms with Crippen molar-refractivity contribution in [2.45, 2.75) is 213 Å². The lowest BCUT2D eigenvalue weighted by Gasteiger charge is -2.18. The molecule has 0 saturated heterocycles. The molecule has 0 aliphatic carbocycles. The minimum Gasteiger partial charge on any atom is -0.462 e. The largest absolute Gasteiger partial charge is 0.469 e. The first-order valence-corrected chi connectivity index (χ1v) is 22.2. The summed E-state index contributed by atoms with van der Waals surface area (Å²) >= 11 is 0. The van der Waals surface area contributed by atoms with Crippen LogP contribution in [0.15, 0.2) is 24.3 Å². The third kappa shape index (κ3) is 39.3. The van der Waals surface area contributed by atoms with Crippen LogP contribution in [0.25, 0.3) is 0 Å². The summed E-state index contributed by atoms with van der Waals surface area (Å²) in [5.74, 6) is -0.938. The van der Waals surface area contributed by atoms with Crippen LogP contribution >= 0.6 is 7.82 Å². The van der Waals surface area contributed by atoms with Gasteiger partial charge in [-0.1, -0.05) is 167 Å². The number of rotatable bonds is 38. The van der Waals surface area contributed by atoms with E-state index in [-0.39, 0.29) is 19.4 Å². The van der Waals surface area contributed by atoms with E-state index in [0.29, 0.717) is 6.42 Å². The molecule has 0 aromatic carbocycles. The van der Waals surface area contributed by atoms with Gasteiger partial charge in [0.15, 0.2) is 6.10 Å². The minimum absolute atomic E-state index is 0.131. The summed E-state index contributed by atoms with van der Waals surface area (Å²) in [5.41, 5.74) is 0. The van der Waals surface area contributed by atoms with Crippen LogP contribution < -0.4 is 0 Å². The van der Waals surface area contributed by atoms with E-state index >= 15 is 0 Å². The summed E-state index contributed by atoms with van der Waals surface area (Å²) < 4.78 is 26.3. The number of allylic oxidation sites excluding steroid dienone is 4. The second-order valence-electron chi connectivity index (χ2n) is 14.0. The fraction of sp³-hybridized carbons (Fsp3) is 0.854. The average Bonchev–Trinajstić information content (AvgIpc) is 3.08. The molecule has 0 saturated carbocycles. The van der Waals surface area contributed by atoms with Crippen molar-refractivity contribution in [3.05, 3.63) is 24.3 Å². The van der Waals surface area contributed by atoms with Crippen LogP contribution in [-0.2, 0) is 28.2 Å². The van der Waals surface area contributed by atoms with E-state index < -0.39 is 32.5 Å². The SMILES string of the molecule is CCCCCC/C=C/CCCCCCCCCCCC(=O)OC[C@H](COP(=O)(O)O)OC(=O)CC/C=C/CCCCCCCCCCCCC. The molecule has 0 heterocycles. The highest BCUT2D eigenvalue weighted by atomic mass is 31.2. The Morgan fingerprint density at radius 2 is 0.880 bits per heavy atom. The van der Waals surface area contributed by atoms with E-state index in [1.165, 1.54) is 141 Å². The molecule has 9 heteroatoms. The fourth-order valence-electron chi connectivity index (χ4n) is 5.86. The number of esters is 2. The Hall–Kier alpha value is -1.47. The molecular formula is C41H77O8P. The summed E-state index contributed by atoms with van der Waals surface area (Å²) in [5, 5.41) is 0. The van der Waals surface area contributed by atoms with Gasteiger partial charge in [-0.3, -0.25) is 14.1 Å². The van der Waals surface area contributed by atoms with Gasteiger partial charge in [0.25, 0.3) is 0 Å². The van der Waals surface area contributed by atoms with Gasteiger partial charge in [-0.25, -0.2) is 4.57 Å². The smallest absolute Gasteiger partial charge is 0.462 e. The molecule has 2 N–H and O–H groups in total. The van der Waals surface area contributed by atoms with Crippen molar-refractivity contribution < 1.29 is 37.9 Å². The second kappa shape index (κ2) is 37.3. The minimum atomic E-state index is -4.76. The van der Waals surface area contributed by atoms with Gasteiger partial charge in [-0.05, 0) is 51.4 Å². The Labute approximate surface area is 307 Å². The Balaban J connectivity index is 3.94. The zero-order chi connectivity index (χ0) is 36.8. The number of hydrogen-bond donors (Lipinski definition) is 2. The number of carbonyl (C=O) groups is 2. The van der Waals surface area contributed by atoms with Gasteiger partial charge in [-0.2, -0.15) is 0 Å². The van der Waals surface area contributed by atoms with Gasteiger partial charge < -0.3 is 19.3 Å². The summed E-state index contributed by atoms with van der Waals surface area (Å²) in [7, 11) is -4.76. The molecule has 0 aliphatic rings. The lowest BCUT2D eigenvalue weighted by Crippen LogP contribution is -2.29. The van der Waals surface area contributed by atoms with Crippen LogP contribution in [0.4, 0.5) is 0 Å². The van der Waals surface area contributed by atoms with Crippen LogP contribution in [-0.4, -0.2) is 41.0 Å². The van der Waals surface area contributed by atoms with Crippen LogP contribution in [0.5, 0.6) is 0 Å². The third-order valence-electron chi connectivity index (χ3n) is 8.96. The maximum Gasteiger partial charge on any atom is 0.469 e. The topological polar surface area (TPSA) is 119 Å². The number of hydrogen-bond acceptors (Lipinski definition) is 6. The van der Waals surface area contributed by atoms with Crippen molar-refractivity contribution in [1.82, 2.24) is 0 Å². The Morgan fingerprint density at radius 1 is 0.500 bits per heavy atom. The van der Waals surface area contributed by atoms with Crippen LogP contribution in [0.3, 0.4) is 0 Å². The van der Waals surface area contributed by atoms with E-state index in [4.69, 9.17) is 19.3 Å². The molecule has 0 amide bonds.